The maximum atomic E-state index is 10.9. The Hall–Kier alpha value is -1.90. The summed E-state index contributed by atoms with van der Waals surface area (Å²) in [7, 11) is 0. The Morgan fingerprint density at radius 1 is 1.57 bits per heavy atom. The lowest BCUT2D eigenvalue weighted by molar-refractivity contribution is -0.129. The van der Waals surface area contributed by atoms with Crippen molar-refractivity contribution in [3.05, 3.63) is 49.3 Å². The molecule has 0 atom stereocenters. The van der Waals surface area contributed by atoms with Crippen LogP contribution in [-0.2, 0) is 11.2 Å². The molecule has 1 heterocycles. The van der Waals surface area contributed by atoms with Gasteiger partial charge in [0.2, 0.25) is 0 Å². The van der Waals surface area contributed by atoms with E-state index in [9.17, 15) is 4.79 Å². The van der Waals surface area contributed by atoms with Crippen molar-refractivity contribution >= 4 is 5.97 Å². The molecule has 1 rings (SSSR count). The minimum absolute atomic E-state index is 0.456. The number of hydrogen-bond acceptors (Lipinski definition) is 3. The highest BCUT2D eigenvalue weighted by Crippen LogP contribution is 2.16. The van der Waals surface area contributed by atoms with Gasteiger partial charge in [0, 0.05) is 18.7 Å². The molecule has 0 aliphatic heterocycles. The van der Waals surface area contributed by atoms with E-state index in [1.165, 1.54) is 0 Å². The van der Waals surface area contributed by atoms with Gasteiger partial charge in [0.05, 0.1) is 5.69 Å². The van der Waals surface area contributed by atoms with Crippen molar-refractivity contribution in [3.63, 3.8) is 0 Å². The molecule has 0 aliphatic carbocycles. The van der Waals surface area contributed by atoms with Crippen LogP contribution < -0.4 is 4.74 Å². The molecule has 0 saturated carbocycles. The van der Waals surface area contributed by atoms with E-state index in [2.05, 4.69) is 18.1 Å². The third-order valence-electron chi connectivity index (χ3n) is 1.56. The molecule has 72 valence electrons. The summed E-state index contributed by atoms with van der Waals surface area (Å²) >= 11 is 0. The third-order valence-corrected chi connectivity index (χ3v) is 1.56. The fraction of sp³-hybridized carbons (Fsp3) is 0.0909. The lowest BCUT2D eigenvalue weighted by Crippen LogP contribution is -2.05. The number of rotatable bonds is 4. The van der Waals surface area contributed by atoms with Crippen molar-refractivity contribution in [1.29, 1.82) is 0 Å². The molecule has 0 aromatic carbocycles. The van der Waals surface area contributed by atoms with Crippen molar-refractivity contribution < 1.29 is 9.53 Å². The number of esters is 1. The smallest absolute Gasteiger partial charge is 0.335 e. The van der Waals surface area contributed by atoms with E-state index in [0.29, 0.717) is 17.9 Å². The van der Waals surface area contributed by atoms with E-state index < -0.39 is 5.97 Å². The molecule has 0 radical (unpaired) electrons. The molecule has 0 N–H and O–H groups in total. The van der Waals surface area contributed by atoms with Crippen LogP contribution in [-0.4, -0.2) is 11.0 Å². The highest BCUT2D eigenvalue weighted by molar-refractivity contribution is 5.83. The van der Waals surface area contributed by atoms with Crippen molar-refractivity contribution in [2.75, 3.05) is 0 Å². The van der Waals surface area contributed by atoms with E-state index in [1.807, 2.05) is 0 Å². The van der Waals surface area contributed by atoms with Crippen LogP contribution in [0.25, 0.3) is 0 Å². The molecule has 0 saturated heterocycles. The van der Waals surface area contributed by atoms with Gasteiger partial charge < -0.3 is 4.74 Å². The maximum absolute atomic E-state index is 10.9. The molecule has 0 spiro atoms. The molecule has 0 bridgehead atoms. The molecule has 1 aromatic heterocycles. The van der Waals surface area contributed by atoms with Crippen LogP contribution in [0.4, 0.5) is 0 Å². The van der Waals surface area contributed by atoms with Gasteiger partial charge in [0.15, 0.2) is 5.75 Å². The number of aromatic nitrogens is 1. The molecule has 0 unspecified atom stereocenters. The molecule has 0 amide bonds. The Bertz CT molecular complexity index is 358. The summed E-state index contributed by atoms with van der Waals surface area (Å²) < 4.78 is 4.98. The van der Waals surface area contributed by atoms with Crippen LogP contribution in [0.2, 0.25) is 0 Å². The number of ether oxygens (including phenoxy) is 1. The first-order valence-corrected chi connectivity index (χ1v) is 4.17. The summed E-state index contributed by atoms with van der Waals surface area (Å²) in [5.41, 5.74) is 0.692. The van der Waals surface area contributed by atoms with Gasteiger partial charge in [-0.15, -0.1) is 6.58 Å². The fourth-order valence-corrected chi connectivity index (χ4v) is 0.956. The monoisotopic (exact) mass is 189 g/mol. The molecule has 14 heavy (non-hydrogen) atoms. The van der Waals surface area contributed by atoms with Crippen LogP contribution in [0.1, 0.15) is 5.69 Å². The zero-order valence-corrected chi connectivity index (χ0v) is 7.77. The van der Waals surface area contributed by atoms with Gasteiger partial charge >= 0.3 is 5.97 Å². The number of hydrogen-bond donors (Lipinski definition) is 0. The minimum atomic E-state index is -0.483. The fourth-order valence-electron chi connectivity index (χ4n) is 0.956. The summed E-state index contributed by atoms with van der Waals surface area (Å²) in [6.45, 7) is 6.91. The first kappa shape index (κ1) is 10.2. The predicted octanol–water partition coefficient (Wildman–Crippen LogP) is 1.90. The highest BCUT2D eigenvalue weighted by Gasteiger charge is 2.05. The standard InChI is InChI=1S/C11H11NO2/c1-3-6-9-10(7-5-8-12-9)14-11(13)4-2/h3-5,7-8H,1-2,6H2. The van der Waals surface area contributed by atoms with Crippen LogP contribution in [0.15, 0.2) is 43.6 Å². The zero-order chi connectivity index (χ0) is 10.4. The second kappa shape index (κ2) is 4.97. The molecular formula is C11H11NO2. The summed E-state index contributed by atoms with van der Waals surface area (Å²) in [5.74, 6) is -0.0272. The Morgan fingerprint density at radius 3 is 3.00 bits per heavy atom. The Labute approximate surface area is 82.7 Å². The normalized spacial score (nSPS) is 9.14. The van der Waals surface area contributed by atoms with E-state index >= 15 is 0 Å². The van der Waals surface area contributed by atoms with E-state index in [-0.39, 0.29) is 0 Å². The van der Waals surface area contributed by atoms with Gasteiger partial charge in [-0.1, -0.05) is 12.7 Å². The number of carbonyl (C=O) groups excluding carboxylic acids is 1. The molecule has 1 aromatic rings. The van der Waals surface area contributed by atoms with E-state index in [0.717, 1.165) is 6.08 Å². The van der Waals surface area contributed by atoms with E-state index in [1.54, 1.807) is 24.4 Å². The lowest BCUT2D eigenvalue weighted by Gasteiger charge is -2.04. The van der Waals surface area contributed by atoms with Crippen LogP contribution >= 0.6 is 0 Å². The van der Waals surface area contributed by atoms with Gasteiger partial charge in [-0.2, -0.15) is 0 Å². The zero-order valence-electron chi connectivity index (χ0n) is 7.77. The summed E-state index contributed by atoms with van der Waals surface area (Å²) in [4.78, 5) is 15.0. The molecular weight excluding hydrogens is 178 g/mol. The lowest BCUT2D eigenvalue weighted by atomic mass is 10.2. The van der Waals surface area contributed by atoms with Crippen LogP contribution in [0, 0.1) is 0 Å². The van der Waals surface area contributed by atoms with Gasteiger partial charge in [-0.3, -0.25) is 4.98 Å². The second-order valence-corrected chi connectivity index (χ2v) is 2.57. The topological polar surface area (TPSA) is 39.2 Å². The van der Waals surface area contributed by atoms with Crippen molar-refractivity contribution in [3.8, 4) is 5.75 Å². The maximum Gasteiger partial charge on any atom is 0.335 e. The molecule has 3 heteroatoms. The average Bonchev–Trinajstić information content (AvgIpc) is 2.21. The summed E-state index contributed by atoms with van der Waals surface area (Å²) in [6.07, 6.45) is 5.03. The molecule has 0 aliphatic rings. The Morgan fingerprint density at radius 2 is 2.36 bits per heavy atom. The largest absolute Gasteiger partial charge is 0.421 e. The van der Waals surface area contributed by atoms with Gasteiger partial charge in [-0.05, 0) is 12.1 Å². The number of carbonyl (C=O) groups is 1. The minimum Gasteiger partial charge on any atom is -0.421 e. The SMILES string of the molecule is C=CCc1ncccc1OC(=O)C=C. The Kier molecular flexibility index (Phi) is 3.61. The van der Waals surface area contributed by atoms with Gasteiger partial charge in [0.25, 0.3) is 0 Å². The number of allylic oxidation sites excluding steroid dienone is 1. The van der Waals surface area contributed by atoms with Gasteiger partial charge in [0.1, 0.15) is 0 Å². The van der Waals surface area contributed by atoms with Crippen molar-refractivity contribution in [2.24, 2.45) is 0 Å². The molecule has 0 fully saturated rings. The summed E-state index contributed by atoms with van der Waals surface area (Å²) in [6, 6.07) is 3.39. The van der Waals surface area contributed by atoms with Crippen LogP contribution in [0.5, 0.6) is 5.75 Å². The van der Waals surface area contributed by atoms with Gasteiger partial charge in [-0.25, -0.2) is 4.79 Å². The van der Waals surface area contributed by atoms with Crippen LogP contribution in [0.3, 0.4) is 0 Å². The predicted molar refractivity (Wildman–Crippen MR) is 54.0 cm³/mol. The highest BCUT2D eigenvalue weighted by atomic mass is 16.5. The number of pyridine rings is 1. The van der Waals surface area contributed by atoms with Crippen molar-refractivity contribution in [1.82, 2.24) is 4.98 Å². The third kappa shape index (κ3) is 2.55. The summed E-state index contributed by atoms with van der Waals surface area (Å²) in [5, 5.41) is 0. The van der Waals surface area contributed by atoms with E-state index in [4.69, 9.17) is 4.74 Å². The number of nitrogens with zero attached hydrogens (tertiary/aromatic N) is 1. The second-order valence-electron chi connectivity index (χ2n) is 2.57. The quantitative estimate of drug-likeness (QED) is 0.412. The average molecular weight is 189 g/mol. The van der Waals surface area contributed by atoms with Crippen molar-refractivity contribution in [2.45, 2.75) is 6.42 Å². The Balaban J connectivity index is 2.88. The molecule has 3 nitrogen and oxygen atoms in total. The first-order chi connectivity index (χ1) is 6.77. The first-order valence-electron chi connectivity index (χ1n) is 4.17.